The molecule has 0 aromatic heterocycles. The van der Waals surface area contributed by atoms with Crippen LogP contribution in [-0.2, 0) is 16.6 Å². The average Bonchev–Trinajstić information content (AvgIpc) is 2.98. The van der Waals surface area contributed by atoms with Crippen LogP contribution in [0.3, 0.4) is 0 Å². The van der Waals surface area contributed by atoms with E-state index in [1.54, 1.807) is 11.1 Å². The van der Waals surface area contributed by atoms with Crippen LogP contribution in [0, 0.1) is 0 Å². The molecule has 0 nitrogen and oxygen atoms in total. The molecule has 0 spiro atoms. The van der Waals surface area contributed by atoms with Crippen LogP contribution in [0.5, 0.6) is 0 Å². The zero-order valence-electron chi connectivity index (χ0n) is 13.0. The van der Waals surface area contributed by atoms with Gasteiger partial charge in [0.2, 0.25) is 0 Å². The average molecular weight is 365 g/mol. The van der Waals surface area contributed by atoms with Gasteiger partial charge in [0.05, 0.1) is 0 Å². The zero-order chi connectivity index (χ0) is 13.1. The quantitative estimate of drug-likeness (QED) is 0.541. The first-order valence-electron chi connectivity index (χ1n) is 7.12. The maximum Gasteiger partial charge on any atom is -0.147 e. The maximum absolute atomic E-state index is 2.60. The van der Waals surface area contributed by atoms with Crippen LogP contribution in [0.15, 0.2) is 43.2 Å². The summed E-state index contributed by atoms with van der Waals surface area (Å²) in [4.78, 5) is 0. The Morgan fingerprint density at radius 1 is 1.10 bits per heavy atom. The summed E-state index contributed by atoms with van der Waals surface area (Å²) >= 11 is -1.11. The van der Waals surface area contributed by atoms with Crippen molar-refractivity contribution in [1.29, 1.82) is 0 Å². The predicted octanol–water partition coefficient (Wildman–Crippen LogP) is 5.95. The Kier molecular flexibility index (Phi) is 9.70. The molecule has 0 aromatic rings. The van der Waals surface area contributed by atoms with Crippen LogP contribution < -0.4 is 0 Å². The second-order valence-electron chi connectivity index (χ2n) is 5.38. The summed E-state index contributed by atoms with van der Waals surface area (Å²) in [5.41, 5.74) is 3.39. The van der Waals surface area contributed by atoms with E-state index < -0.39 is 16.6 Å². The second-order valence-corrected chi connectivity index (χ2v) is 17.3. The van der Waals surface area contributed by atoms with E-state index in [1.807, 2.05) is 7.76 Å². The third-order valence-electron chi connectivity index (χ3n) is 3.93. The van der Waals surface area contributed by atoms with E-state index in [9.17, 15) is 0 Å². The Morgan fingerprint density at radius 2 is 1.80 bits per heavy atom. The van der Waals surface area contributed by atoms with Gasteiger partial charge in [0.1, 0.15) is 0 Å². The molecule has 0 aliphatic heterocycles. The molecule has 20 heavy (non-hydrogen) atoms. The fourth-order valence-electron chi connectivity index (χ4n) is 3.05. The molecule has 0 aromatic carbocycles. The van der Waals surface area contributed by atoms with Gasteiger partial charge in [-0.25, -0.2) is 0 Å². The van der Waals surface area contributed by atoms with Crippen LogP contribution in [0.2, 0.25) is 13.1 Å². The van der Waals surface area contributed by atoms with Crippen molar-refractivity contribution in [3.05, 3.63) is 43.2 Å². The van der Waals surface area contributed by atoms with E-state index in [1.165, 1.54) is 25.7 Å². The van der Waals surface area contributed by atoms with Crippen molar-refractivity contribution < 1.29 is 16.6 Å². The molecule has 0 amide bonds. The Hall–Kier alpha value is 0.471. The van der Waals surface area contributed by atoms with Gasteiger partial charge in [-0.15, -0.1) is 24.8 Å². The number of rotatable bonds is 4. The molecule has 4 heteroatoms. The van der Waals surface area contributed by atoms with Crippen molar-refractivity contribution in [2.45, 2.75) is 52.6 Å². The van der Waals surface area contributed by atoms with Gasteiger partial charge >= 0.3 is 119 Å². The van der Waals surface area contributed by atoms with Crippen molar-refractivity contribution in [3.63, 3.8) is 0 Å². The molecule has 0 unspecified atom stereocenters. The zero-order valence-corrected chi connectivity index (χ0v) is 17.1. The molecule has 2 aliphatic carbocycles. The molecule has 0 radical (unpaired) electrons. The molecule has 112 valence electrons. The Labute approximate surface area is 143 Å². The maximum atomic E-state index is 2.60. The second kappa shape index (κ2) is 9.48. The summed E-state index contributed by atoms with van der Waals surface area (Å²) in [6.45, 7) is 9.71. The van der Waals surface area contributed by atoms with Gasteiger partial charge in [-0.2, -0.15) is 0 Å². The van der Waals surface area contributed by atoms with Crippen molar-refractivity contribution in [2.24, 2.45) is 0 Å². The third-order valence-corrected chi connectivity index (χ3v) is 15.3. The standard InChI is InChI=1S/C9H13.C5H5.C2H6Si.2ClH.Ti/c1-3-8-6-5-7-9(8)4-2;1-2-4-5-3-1;1-3-2;;;/h6H,3-4,7H2,1-2H3;1-3H,4H2;1-2H3;2*1H;. The normalized spacial score (nSPS) is 16.4. The van der Waals surface area contributed by atoms with E-state index in [2.05, 4.69) is 51.2 Å². The SMILES string of the molecule is CCC1=C(CC)C[C]([Ti]([C]2=CC=CC2)=[Si](C)C)=C1.Cl.Cl. The van der Waals surface area contributed by atoms with Gasteiger partial charge < -0.3 is 0 Å². The molecule has 0 saturated heterocycles. The molecule has 0 saturated carbocycles. The fourth-order valence-corrected chi connectivity index (χ4v) is 14.4. The number of allylic oxidation sites excluding steroid dienone is 8. The summed E-state index contributed by atoms with van der Waals surface area (Å²) in [5.74, 6) is 0. The molecule has 2 aliphatic rings. The predicted molar refractivity (Wildman–Crippen MR) is 94.1 cm³/mol. The Morgan fingerprint density at radius 3 is 2.20 bits per heavy atom. The van der Waals surface area contributed by atoms with Crippen LogP contribution >= 0.6 is 24.8 Å². The molecule has 0 N–H and O–H groups in total. The van der Waals surface area contributed by atoms with E-state index in [-0.39, 0.29) is 31.0 Å². The van der Waals surface area contributed by atoms with Gasteiger partial charge in [-0.3, -0.25) is 0 Å². The minimum absolute atomic E-state index is 0. The van der Waals surface area contributed by atoms with Crippen LogP contribution in [-0.4, -0.2) is 6.19 Å². The first kappa shape index (κ1) is 20.5. The fraction of sp³-hybridized carbons (Fsp3) is 0.500. The molecule has 0 atom stereocenters. The van der Waals surface area contributed by atoms with Crippen LogP contribution in [0.4, 0.5) is 0 Å². The van der Waals surface area contributed by atoms with Crippen molar-refractivity contribution in [2.75, 3.05) is 0 Å². The van der Waals surface area contributed by atoms with Gasteiger partial charge in [0.15, 0.2) is 0 Å². The topological polar surface area (TPSA) is 0 Å². The van der Waals surface area contributed by atoms with E-state index in [0.29, 0.717) is 0 Å². The van der Waals surface area contributed by atoms with Gasteiger partial charge in [0.25, 0.3) is 0 Å². The monoisotopic (exact) mass is 364 g/mol. The molecular formula is C16H26Cl2SiTi. The Bertz CT molecular complexity index is 507. The number of hydrogen-bond acceptors (Lipinski definition) is 0. The summed E-state index contributed by atoms with van der Waals surface area (Å²) < 4.78 is 3.70. The van der Waals surface area contributed by atoms with Crippen molar-refractivity contribution in [3.8, 4) is 0 Å². The van der Waals surface area contributed by atoms with E-state index in [0.717, 1.165) is 0 Å². The first-order valence-corrected chi connectivity index (χ1v) is 13.5. The van der Waals surface area contributed by atoms with Gasteiger partial charge in [-0.1, -0.05) is 0 Å². The largest absolute Gasteiger partial charge is 0.147 e. The minimum atomic E-state index is -1.11. The minimum Gasteiger partial charge on any atom is -0.147 e. The Balaban J connectivity index is 0.00000180. The molecule has 2 rings (SSSR count). The van der Waals surface area contributed by atoms with Crippen LogP contribution in [0.25, 0.3) is 0 Å². The molecule has 0 bridgehead atoms. The third kappa shape index (κ3) is 4.48. The molecular weight excluding hydrogens is 339 g/mol. The summed E-state index contributed by atoms with van der Waals surface area (Å²) in [6.07, 6.45) is 14.6. The van der Waals surface area contributed by atoms with Gasteiger partial charge in [-0.05, 0) is 0 Å². The molecule has 0 heterocycles. The van der Waals surface area contributed by atoms with Crippen molar-refractivity contribution in [1.82, 2.24) is 0 Å². The smallest absolute Gasteiger partial charge is 0.147 e. The number of halogens is 2. The summed E-state index contributed by atoms with van der Waals surface area (Å²) in [5, 5.41) is 0. The number of hydrogen-bond donors (Lipinski definition) is 0. The summed E-state index contributed by atoms with van der Waals surface area (Å²) in [7, 11) is 0. The molecule has 0 fully saturated rings. The van der Waals surface area contributed by atoms with Crippen molar-refractivity contribution >= 4 is 31.0 Å². The first-order chi connectivity index (χ1) is 8.67. The van der Waals surface area contributed by atoms with Gasteiger partial charge in [0, 0.05) is 0 Å². The van der Waals surface area contributed by atoms with E-state index >= 15 is 0 Å². The summed E-state index contributed by atoms with van der Waals surface area (Å²) in [6, 6.07) is 0. The van der Waals surface area contributed by atoms with E-state index in [4.69, 9.17) is 0 Å². The van der Waals surface area contributed by atoms with Crippen LogP contribution in [0.1, 0.15) is 39.5 Å².